The maximum Gasteiger partial charge on any atom is 0.344 e. The maximum atomic E-state index is 12.4. The van der Waals surface area contributed by atoms with Gasteiger partial charge in [-0.2, -0.15) is 0 Å². The van der Waals surface area contributed by atoms with E-state index in [0.29, 0.717) is 17.9 Å². The van der Waals surface area contributed by atoms with E-state index in [-0.39, 0.29) is 19.1 Å². The van der Waals surface area contributed by atoms with Crippen molar-refractivity contribution in [3.05, 3.63) is 28.8 Å². The summed E-state index contributed by atoms with van der Waals surface area (Å²) in [6, 6.07) is 3.79. The first-order valence-corrected chi connectivity index (χ1v) is 9.01. The van der Waals surface area contributed by atoms with Crippen molar-refractivity contribution in [1.82, 2.24) is 4.90 Å². The second-order valence-corrected chi connectivity index (χ2v) is 6.72. The predicted octanol–water partition coefficient (Wildman–Crippen LogP) is 3.17. The summed E-state index contributed by atoms with van der Waals surface area (Å²) in [5.74, 6) is -0.352. The molecule has 0 unspecified atom stereocenters. The minimum Gasteiger partial charge on any atom is -0.481 e. The number of rotatable bonds is 10. The molecule has 0 N–H and O–H groups in total. The van der Waals surface area contributed by atoms with Crippen molar-refractivity contribution in [3.63, 3.8) is 0 Å². The van der Waals surface area contributed by atoms with E-state index in [9.17, 15) is 9.59 Å². The minimum absolute atomic E-state index is 0.134. The Bertz CT molecular complexity index is 610. The first-order valence-electron chi connectivity index (χ1n) is 9.01. The second kappa shape index (κ2) is 10.8. The number of aryl methyl sites for hydroxylation is 1. The Hall–Kier alpha value is -2.08. The first-order chi connectivity index (χ1) is 12.3. The largest absolute Gasteiger partial charge is 0.481 e. The number of hydrogen-bond acceptors (Lipinski definition) is 6. The van der Waals surface area contributed by atoms with Crippen molar-refractivity contribution >= 4 is 11.9 Å². The molecule has 1 aromatic carbocycles. The Morgan fingerprint density at radius 3 is 2.42 bits per heavy atom. The van der Waals surface area contributed by atoms with Crippen LogP contribution in [-0.4, -0.2) is 57.3 Å². The Morgan fingerprint density at radius 2 is 1.85 bits per heavy atom. The van der Waals surface area contributed by atoms with E-state index in [0.717, 1.165) is 24.1 Å². The highest BCUT2D eigenvalue weighted by atomic mass is 16.6. The van der Waals surface area contributed by atoms with Gasteiger partial charge >= 0.3 is 11.9 Å². The molecule has 0 aromatic heterocycles. The molecule has 6 nitrogen and oxygen atoms in total. The van der Waals surface area contributed by atoms with Crippen molar-refractivity contribution in [1.29, 1.82) is 0 Å². The molecule has 0 heterocycles. The molecule has 0 aliphatic rings. The summed E-state index contributed by atoms with van der Waals surface area (Å²) in [4.78, 5) is 26.3. The fourth-order valence-electron chi connectivity index (χ4n) is 2.50. The number of hydrogen-bond donors (Lipinski definition) is 0. The highest BCUT2D eigenvalue weighted by molar-refractivity contribution is 5.95. The Balaban J connectivity index is 2.87. The molecule has 0 saturated carbocycles. The lowest BCUT2D eigenvalue weighted by atomic mass is 9.96. The van der Waals surface area contributed by atoms with Gasteiger partial charge in [0.15, 0.2) is 6.61 Å². The van der Waals surface area contributed by atoms with Crippen LogP contribution >= 0.6 is 0 Å². The summed E-state index contributed by atoms with van der Waals surface area (Å²) in [5.41, 5.74) is 1.99. The van der Waals surface area contributed by atoms with E-state index in [1.165, 1.54) is 0 Å². The molecule has 0 aliphatic heterocycles. The van der Waals surface area contributed by atoms with Crippen LogP contribution in [0.1, 0.15) is 54.6 Å². The molecule has 0 atom stereocenters. The lowest BCUT2D eigenvalue weighted by molar-refractivity contribution is -0.146. The van der Waals surface area contributed by atoms with E-state index < -0.39 is 11.9 Å². The smallest absolute Gasteiger partial charge is 0.344 e. The van der Waals surface area contributed by atoms with Gasteiger partial charge in [-0.15, -0.1) is 0 Å². The van der Waals surface area contributed by atoms with Gasteiger partial charge in [-0.05, 0) is 51.4 Å². The number of esters is 2. The van der Waals surface area contributed by atoms with E-state index in [4.69, 9.17) is 14.2 Å². The van der Waals surface area contributed by atoms with Crippen LogP contribution in [0, 0.1) is 6.92 Å². The normalized spacial score (nSPS) is 10.9. The Labute approximate surface area is 156 Å². The summed E-state index contributed by atoms with van der Waals surface area (Å²) >= 11 is 0. The fraction of sp³-hybridized carbons (Fsp3) is 0.600. The second-order valence-electron chi connectivity index (χ2n) is 6.72. The summed E-state index contributed by atoms with van der Waals surface area (Å²) in [7, 11) is 3.93. The summed E-state index contributed by atoms with van der Waals surface area (Å²) < 4.78 is 16.1. The van der Waals surface area contributed by atoms with Gasteiger partial charge in [-0.1, -0.05) is 26.0 Å². The van der Waals surface area contributed by atoms with E-state index in [1.807, 2.05) is 51.9 Å². The van der Waals surface area contributed by atoms with Crippen molar-refractivity contribution in [3.8, 4) is 5.75 Å². The molecule has 0 spiro atoms. The molecule has 0 saturated heterocycles. The minimum atomic E-state index is -0.449. The van der Waals surface area contributed by atoms with Crippen molar-refractivity contribution in [2.75, 3.05) is 40.5 Å². The zero-order valence-electron chi connectivity index (χ0n) is 16.8. The maximum absolute atomic E-state index is 12.4. The van der Waals surface area contributed by atoms with Gasteiger partial charge in [-0.25, -0.2) is 9.59 Å². The van der Waals surface area contributed by atoms with Crippen LogP contribution in [0.15, 0.2) is 12.1 Å². The third kappa shape index (κ3) is 6.67. The van der Waals surface area contributed by atoms with Crippen LogP contribution in [-0.2, 0) is 14.3 Å². The van der Waals surface area contributed by atoms with Gasteiger partial charge in [0.05, 0.1) is 13.2 Å². The van der Waals surface area contributed by atoms with E-state index in [1.54, 1.807) is 6.92 Å². The molecule has 0 amide bonds. The molecule has 146 valence electrons. The average Bonchev–Trinajstić information content (AvgIpc) is 2.56. The summed E-state index contributed by atoms with van der Waals surface area (Å²) in [5, 5.41) is 0. The number of ether oxygens (including phenoxy) is 3. The van der Waals surface area contributed by atoms with Crippen LogP contribution in [0.3, 0.4) is 0 Å². The van der Waals surface area contributed by atoms with Crippen LogP contribution < -0.4 is 4.74 Å². The lowest BCUT2D eigenvalue weighted by Gasteiger charge is -2.19. The molecule has 0 bridgehead atoms. The molecular formula is C20H31NO5. The van der Waals surface area contributed by atoms with Crippen LogP contribution in [0.5, 0.6) is 5.75 Å². The molecule has 0 radical (unpaired) electrons. The number of carbonyl (C=O) groups is 2. The predicted molar refractivity (Wildman–Crippen MR) is 101 cm³/mol. The lowest BCUT2D eigenvalue weighted by Crippen LogP contribution is -2.20. The highest BCUT2D eigenvalue weighted by Gasteiger charge is 2.22. The van der Waals surface area contributed by atoms with Gasteiger partial charge in [0.25, 0.3) is 0 Å². The van der Waals surface area contributed by atoms with Gasteiger partial charge < -0.3 is 19.1 Å². The zero-order valence-corrected chi connectivity index (χ0v) is 16.8. The number of carbonyl (C=O) groups excluding carboxylic acids is 2. The number of nitrogens with zero attached hydrogens (tertiary/aromatic N) is 1. The third-order valence-corrected chi connectivity index (χ3v) is 3.85. The molecular weight excluding hydrogens is 334 g/mol. The summed E-state index contributed by atoms with van der Waals surface area (Å²) in [6.07, 6.45) is 0.758. The van der Waals surface area contributed by atoms with Crippen molar-refractivity contribution in [2.24, 2.45) is 0 Å². The standard InChI is InChI=1S/C20H31NO5/c1-7-24-20(23)18-15(4)9-10-16(14(2)3)19(18)26-13-17(22)25-12-8-11-21(5)6/h9-10,14H,7-8,11-13H2,1-6H3. The SMILES string of the molecule is CCOC(=O)c1c(C)ccc(C(C)C)c1OCC(=O)OCCCN(C)C. The molecule has 26 heavy (non-hydrogen) atoms. The van der Waals surface area contributed by atoms with Crippen LogP contribution in [0.2, 0.25) is 0 Å². The van der Waals surface area contributed by atoms with E-state index >= 15 is 0 Å². The first kappa shape index (κ1) is 22.0. The quantitative estimate of drug-likeness (QED) is 0.469. The topological polar surface area (TPSA) is 65.1 Å². The average molecular weight is 365 g/mol. The van der Waals surface area contributed by atoms with Crippen LogP contribution in [0.25, 0.3) is 0 Å². The fourth-order valence-corrected chi connectivity index (χ4v) is 2.50. The Kier molecular flexibility index (Phi) is 9.13. The zero-order chi connectivity index (χ0) is 19.7. The van der Waals surface area contributed by atoms with Gasteiger partial charge in [0.2, 0.25) is 0 Å². The highest BCUT2D eigenvalue weighted by Crippen LogP contribution is 2.33. The molecule has 0 aliphatic carbocycles. The third-order valence-electron chi connectivity index (χ3n) is 3.85. The van der Waals surface area contributed by atoms with Crippen molar-refractivity contribution in [2.45, 2.75) is 40.0 Å². The molecule has 1 rings (SSSR count). The molecule has 1 aromatic rings. The van der Waals surface area contributed by atoms with Crippen LogP contribution in [0.4, 0.5) is 0 Å². The summed E-state index contributed by atoms with van der Waals surface area (Å²) in [6.45, 7) is 8.81. The number of benzene rings is 1. The van der Waals surface area contributed by atoms with Crippen molar-refractivity contribution < 1.29 is 23.8 Å². The molecule has 0 fully saturated rings. The van der Waals surface area contributed by atoms with E-state index in [2.05, 4.69) is 0 Å². The van der Waals surface area contributed by atoms with Gasteiger partial charge in [0, 0.05) is 6.54 Å². The van der Waals surface area contributed by atoms with Gasteiger partial charge in [-0.3, -0.25) is 0 Å². The van der Waals surface area contributed by atoms with Gasteiger partial charge in [0.1, 0.15) is 11.3 Å². The molecule has 6 heteroatoms. The Morgan fingerprint density at radius 1 is 1.15 bits per heavy atom. The monoisotopic (exact) mass is 365 g/mol.